The zero-order valence-corrected chi connectivity index (χ0v) is 12.8. The van der Waals surface area contributed by atoms with Gasteiger partial charge in [0.25, 0.3) is 0 Å². The second-order valence-electron chi connectivity index (χ2n) is 4.85. The third-order valence-electron chi connectivity index (χ3n) is 3.09. The minimum Gasteiger partial charge on any atom is -0.306 e. The predicted molar refractivity (Wildman–Crippen MR) is 76.6 cm³/mol. The van der Waals surface area contributed by atoms with Crippen LogP contribution in [0.5, 0.6) is 0 Å². The van der Waals surface area contributed by atoms with Gasteiger partial charge in [0, 0.05) is 12.7 Å². The van der Waals surface area contributed by atoms with E-state index in [9.17, 15) is 18.9 Å². The van der Waals surface area contributed by atoms with Gasteiger partial charge in [-0.25, -0.2) is 4.63 Å². The van der Waals surface area contributed by atoms with Crippen LogP contribution >= 0.6 is 7.68 Å². The van der Waals surface area contributed by atoms with Crippen LogP contribution in [0.4, 0.5) is 9.88 Å². The molecule has 0 fully saturated rings. The van der Waals surface area contributed by atoms with Crippen LogP contribution in [-0.4, -0.2) is 28.5 Å². The van der Waals surface area contributed by atoms with Gasteiger partial charge in [-0.1, -0.05) is 6.42 Å². The largest absolute Gasteiger partial charge is 0.364 e. The van der Waals surface area contributed by atoms with Crippen LogP contribution in [0.25, 0.3) is 11.0 Å². The first-order valence-corrected chi connectivity index (χ1v) is 8.65. The van der Waals surface area contributed by atoms with Crippen molar-refractivity contribution in [2.45, 2.75) is 25.7 Å². The Bertz CT molecular complexity index is 714. The highest BCUT2D eigenvalue weighted by molar-refractivity contribution is 7.52. The average molecular weight is 331 g/mol. The van der Waals surface area contributed by atoms with Gasteiger partial charge in [-0.2, -0.15) is 4.20 Å². The number of aryl methyl sites for hydroxylation is 1. The molecule has 22 heavy (non-hydrogen) atoms. The highest BCUT2D eigenvalue weighted by atomic mass is 31.2. The lowest BCUT2D eigenvalue weighted by atomic mass is 10.0. The fourth-order valence-electron chi connectivity index (χ4n) is 2.08. The Balaban J connectivity index is 1.90. The molecule has 8 nitrogen and oxygen atoms in total. The van der Waals surface area contributed by atoms with Crippen molar-refractivity contribution in [3.8, 4) is 0 Å². The van der Waals surface area contributed by atoms with Crippen molar-refractivity contribution in [3.05, 3.63) is 27.8 Å². The van der Waals surface area contributed by atoms with Gasteiger partial charge in [-0.15, -0.1) is 0 Å². The number of halogens is 1. The summed E-state index contributed by atoms with van der Waals surface area (Å²) in [6.07, 6.45) is 2.70. The molecule has 0 saturated carbocycles. The molecule has 0 aliphatic rings. The van der Waals surface area contributed by atoms with E-state index in [0.717, 1.165) is 25.1 Å². The van der Waals surface area contributed by atoms with Gasteiger partial charge in [-0.05, 0) is 41.2 Å². The number of hydrogen-bond donors (Lipinski definition) is 0. The van der Waals surface area contributed by atoms with Crippen molar-refractivity contribution in [1.29, 1.82) is 0 Å². The van der Waals surface area contributed by atoms with Gasteiger partial charge in [0.15, 0.2) is 0 Å². The Morgan fingerprint density at radius 3 is 2.73 bits per heavy atom. The Kier molecular flexibility index (Phi) is 5.20. The molecule has 0 N–H and O–H groups in total. The topological polar surface area (TPSA) is 108 Å². The molecule has 1 aromatic carbocycles. The Hall–Kier alpha value is -1.86. The molecule has 1 heterocycles. The predicted octanol–water partition coefficient (Wildman–Crippen LogP) is 3.65. The number of rotatable bonds is 8. The summed E-state index contributed by atoms with van der Waals surface area (Å²) >= 11 is 0. The standard InChI is InChI=1S/C12H15FN3O5P/c1-22(13,19)20-8-4-2-3-5-9-6-7-10(16(17)18)12-11(9)14-21-15-12/h6-7H,2-5,8H2,1H3. The summed E-state index contributed by atoms with van der Waals surface area (Å²) in [4.78, 5) is 10.3. The van der Waals surface area contributed by atoms with Crippen LogP contribution in [0.1, 0.15) is 24.8 Å². The summed E-state index contributed by atoms with van der Waals surface area (Å²) in [5.41, 5.74) is 1.17. The van der Waals surface area contributed by atoms with Crippen molar-refractivity contribution >= 4 is 24.4 Å². The Labute approximate surface area is 125 Å². The minimum absolute atomic E-state index is 0.103. The summed E-state index contributed by atoms with van der Waals surface area (Å²) < 4.78 is 32.5. The van der Waals surface area contributed by atoms with Crippen molar-refractivity contribution in [1.82, 2.24) is 10.3 Å². The number of unbranched alkanes of at least 4 members (excludes halogenated alkanes) is 2. The lowest BCUT2D eigenvalue weighted by Crippen LogP contribution is -1.94. The molecule has 0 bridgehead atoms. The first-order valence-electron chi connectivity index (χ1n) is 6.69. The van der Waals surface area contributed by atoms with Gasteiger partial charge >= 0.3 is 13.4 Å². The number of hydrogen-bond acceptors (Lipinski definition) is 7. The zero-order valence-electron chi connectivity index (χ0n) is 11.9. The first-order chi connectivity index (χ1) is 10.4. The fourth-order valence-corrected chi connectivity index (χ4v) is 2.53. The fraction of sp³-hybridized carbons (Fsp3) is 0.500. The number of fused-ring (bicyclic) bond motifs is 1. The van der Waals surface area contributed by atoms with Crippen LogP contribution in [0.2, 0.25) is 0 Å². The molecular weight excluding hydrogens is 316 g/mol. The number of benzene rings is 1. The maximum atomic E-state index is 12.7. The van der Waals surface area contributed by atoms with E-state index in [-0.39, 0.29) is 17.8 Å². The quantitative estimate of drug-likeness (QED) is 0.314. The molecular formula is C12H15FN3O5P. The van der Waals surface area contributed by atoms with Crippen LogP contribution < -0.4 is 0 Å². The number of nitro groups is 1. The van der Waals surface area contributed by atoms with Crippen LogP contribution in [0.15, 0.2) is 16.8 Å². The van der Waals surface area contributed by atoms with Crippen molar-refractivity contribution in [2.75, 3.05) is 13.3 Å². The van der Waals surface area contributed by atoms with Gasteiger partial charge < -0.3 is 4.52 Å². The molecule has 2 aromatic rings. The molecule has 0 spiro atoms. The summed E-state index contributed by atoms with van der Waals surface area (Å²) in [7, 11) is -3.91. The van der Waals surface area contributed by atoms with Gasteiger partial charge in [-0.3, -0.25) is 14.7 Å². The summed E-state index contributed by atoms with van der Waals surface area (Å²) in [6, 6.07) is 3.00. The summed E-state index contributed by atoms with van der Waals surface area (Å²) in [6.45, 7) is 1.03. The van der Waals surface area contributed by atoms with Crippen LogP contribution in [0.3, 0.4) is 0 Å². The van der Waals surface area contributed by atoms with Crippen LogP contribution in [0, 0.1) is 10.1 Å². The van der Waals surface area contributed by atoms with E-state index in [4.69, 9.17) is 0 Å². The van der Waals surface area contributed by atoms with Crippen molar-refractivity contribution in [2.24, 2.45) is 0 Å². The molecule has 1 aromatic heterocycles. The Morgan fingerprint density at radius 2 is 2.05 bits per heavy atom. The smallest absolute Gasteiger partial charge is 0.306 e. The maximum Gasteiger partial charge on any atom is 0.364 e. The number of nitrogens with zero attached hydrogens (tertiary/aromatic N) is 3. The molecule has 1 unspecified atom stereocenters. The lowest BCUT2D eigenvalue weighted by Gasteiger charge is -2.05. The molecule has 1 atom stereocenters. The van der Waals surface area contributed by atoms with Gasteiger partial charge in [0.2, 0.25) is 5.52 Å². The molecule has 0 aliphatic heterocycles. The third kappa shape index (κ3) is 4.32. The monoisotopic (exact) mass is 331 g/mol. The normalized spacial score (nSPS) is 14.1. The minimum atomic E-state index is -3.91. The number of non-ortho nitro benzene ring substituents is 1. The second kappa shape index (κ2) is 6.93. The number of aromatic nitrogens is 2. The van der Waals surface area contributed by atoms with Crippen molar-refractivity contribution < 1.29 is 22.8 Å². The van der Waals surface area contributed by atoms with E-state index in [1.54, 1.807) is 6.07 Å². The summed E-state index contributed by atoms with van der Waals surface area (Å²) in [5, 5.41) is 18.1. The lowest BCUT2D eigenvalue weighted by molar-refractivity contribution is -0.383. The zero-order chi connectivity index (χ0) is 16.2. The molecule has 0 aliphatic carbocycles. The number of nitro benzene ring substituents is 1. The Morgan fingerprint density at radius 1 is 1.32 bits per heavy atom. The SMILES string of the molecule is CP(=O)(F)OCCCCCc1ccc([N+](=O)[O-])c2nonc12. The van der Waals surface area contributed by atoms with Gasteiger partial charge in [0.1, 0.15) is 5.52 Å². The molecule has 120 valence electrons. The highest BCUT2D eigenvalue weighted by Crippen LogP contribution is 2.43. The average Bonchev–Trinajstić information content (AvgIpc) is 2.90. The third-order valence-corrected chi connectivity index (χ3v) is 3.73. The molecule has 2 rings (SSSR count). The van der Waals surface area contributed by atoms with Gasteiger partial charge in [0.05, 0.1) is 11.5 Å². The van der Waals surface area contributed by atoms with Crippen molar-refractivity contribution in [3.63, 3.8) is 0 Å². The second-order valence-corrected chi connectivity index (χ2v) is 6.60. The highest BCUT2D eigenvalue weighted by Gasteiger charge is 2.19. The van der Waals surface area contributed by atoms with E-state index in [1.807, 2.05) is 0 Å². The molecule has 0 radical (unpaired) electrons. The van der Waals surface area contributed by atoms with E-state index >= 15 is 0 Å². The molecule has 0 amide bonds. The van der Waals surface area contributed by atoms with E-state index in [2.05, 4.69) is 19.5 Å². The van der Waals surface area contributed by atoms with E-state index < -0.39 is 12.6 Å². The molecule has 0 saturated heterocycles. The molecule has 10 heteroatoms. The van der Waals surface area contributed by atoms with E-state index in [1.165, 1.54) is 6.07 Å². The first kappa shape index (κ1) is 16.5. The van der Waals surface area contributed by atoms with Crippen LogP contribution in [-0.2, 0) is 15.5 Å². The maximum absolute atomic E-state index is 12.7. The van der Waals surface area contributed by atoms with E-state index in [0.29, 0.717) is 18.4 Å². The summed E-state index contributed by atoms with van der Waals surface area (Å²) in [5.74, 6) is 0.